The normalized spacial score (nSPS) is 11.0. The van der Waals surface area contributed by atoms with Crippen LogP contribution in [0.1, 0.15) is 31.9 Å². The van der Waals surface area contributed by atoms with Crippen LogP contribution < -0.4 is 15.8 Å². The van der Waals surface area contributed by atoms with Crippen LogP contribution in [0.25, 0.3) is 11.1 Å². The van der Waals surface area contributed by atoms with Crippen LogP contribution in [0.4, 0.5) is 10.5 Å². The van der Waals surface area contributed by atoms with E-state index in [1.807, 2.05) is 93.6 Å². The maximum atomic E-state index is 11.9. The first-order valence-corrected chi connectivity index (χ1v) is 9.93. The van der Waals surface area contributed by atoms with Crippen molar-refractivity contribution in [2.75, 3.05) is 5.73 Å². The Bertz CT molecular complexity index is 995. The topological polar surface area (TPSA) is 73.6 Å². The van der Waals surface area contributed by atoms with Crippen molar-refractivity contribution in [3.8, 4) is 16.9 Å². The minimum absolute atomic E-state index is 0.339. The molecule has 0 heterocycles. The van der Waals surface area contributed by atoms with E-state index in [0.717, 1.165) is 28.0 Å². The van der Waals surface area contributed by atoms with E-state index in [-0.39, 0.29) is 0 Å². The van der Waals surface area contributed by atoms with Crippen LogP contribution in [0.15, 0.2) is 72.8 Å². The van der Waals surface area contributed by atoms with Gasteiger partial charge in [0.2, 0.25) is 0 Å². The number of alkyl carbamates (subject to hydrolysis) is 1. The molecule has 0 aliphatic heterocycles. The maximum Gasteiger partial charge on any atom is 0.407 e. The molecule has 0 saturated carbocycles. The van der Waals surface area contributed by atoms with Gasteiger partial charge < -0.3 is 20.5 Å². The summed E-state index contributed by atoms with van der Waals surface area (Å²) in [6, 6.07) is 23.6. The molecular weight excluding hydrogens is 376 g/mol. The number of nitrogens with one attached hydrogen (secondary N) is 1. The van der Waals surface area contributed by atoms with E-state index in [1.165, 1.54) is 0 Å². The van der Waals surface area contributed by atoms with Gasteiger partial charge in [-0.15, -0.1) is 0 Å². The first kappa shape index (κ1) is 21.2. The second-order valence-electron chi connectivity index (χ2n) is 8.05. The molecule has 3 aromatic rings. The molecule has 0 atom stereocenters. The molecule has 5 nitrogen and oxygen atoms in total. The van der Waals surface area contributed by atoms with Gasteiger partial charge in [0.1, 0.15) is 18.0 Å². The molecule has 0 fully saturated rings. The van der Waals surface area contributed by atoms with Crippen molar-refractivity contribution < 1.29 is 14.3 Å². The van der Waals surface area contributed by atoms with Crippen LogP contribution in [0.2, 0.25) is 0 Å². The van der Waals surface area contributed by atoms with Gasteiger partial charge in [0.15, 0.2) is 0 Å². The monoisotopic (exact) mass is 404 g/mol. The van der Waals surface area contributed by atoms with Crippen molar-refractivity contribution in [1.29, 1.82) is 0 Å². The molecule has 156 valence electrons. The number of nitrogen functional groups attached to an aromatic ring is 1. The third-order valence-electron chi connectivity index (χ3n) is 4.37. The Morgan fingerprint density at radius 3 is 2.30 bits per heavy atom. The highest BCUT2D eigenvalue weighted by Crippen LogP contribution is 2.34. The molecule has 0 spiro atoms. The summed E-state index contributed by atoms with van der Waals surface area (Å²) in [5.74, 6) is 0.771. The van der Waals surface area contributed by atoms with Gasteiger partial charge in [-0.25, -0.2) is 4.79 Å². The van der Waals surface area contributed by atoms with Crippen molar-refractivity contribution in [1.82, 2.24) is 5.32 Å². The van der Waals surface area contributed by atoms with Crippen LogP contribution in [-0.4, -0.2) is 11.7 Å². The zero-order valence-electron chi connectivity index (χ0n) is 17.6. The molecule has 1 amide bonds. The number of nitrogens with two attached hydrogens (primary N) is 1. The predicted molar refractivity (Wildman–Crippen MR) is 120 cm³/mol. The first-order chi connectivity index (χ1) is 14.3. The summed E-state index contributed by atoms with van der Waals surface area (Å²) in [5.41, 5.74) is 10.2. The maximum absolute atomic E-state index is 11.9. The molecule has 3 aromatic carbocycles. The first-order valence-electron chi connectivity index (χ1n) is 9.93. The molecule has 0 aliphatic carbocycles. The fraction of sp³-hybridized carbons (Fsp3) is 0.240. The molecule has 0 aliphatic rings. The average Bonchev–Trinajstić information content (AvgIpc) is 2.71. The van der Waals surface area contributed by atoms with Crippen LogP contribution in [0.5, 0.6) is 5.75 Å². The standard InChI is InChI=1S/C25H28N2O3/c1-25(2,3)30-24(28)27-16-19-13-14-20(22(26)15-19)21-11-7-8-12-23(21)29-17-18-9-5-4-6-10-18/h4-15H,16-17,26H2,1-3H3,(H,27,28). The lowest BCUT2D eigenvalue weighted by Crippen LogP contribution is -2.32. The van der Waals surface area contributed by atoms with Crippen LogP contribution >= 0.6 is 0 Å². The Morgan fingerprint density at radius 2 is 1.60 bits per heavy atom. The Hall–Kier alpha value is -3.47. The van der Waals surface area contributed by atoms with Gasteiger partial charge in [-0.1, -0.05) is 60.7 Å². The highest BCUT2D eigenvalue weighted by molar-refractivity contribution is 5.81. The number of hydrogen-bond acceptors (Lipinski definition) is 4. The SMILES string of the molecule is CC(C)(C)OC(=O)NCc1ccc(-c2ccccc2OCc2ccccc2)c(N)c1. The number of carbonyl (C=O) groups excluding carboxylic acids is 1. The van der Waals surface area contributed by atoms with E-state index in [9.17, 15) is 4.79 Å². The number of hydrogen-bond donors (Lipinski definition) is 2. The summed E-state index contributed by atoms with van der Waals surface area (Å²) in [6.45, 7) is 6.31. The zero-order chi connectivity index (χ0) is 21.6. The third-order valence-corrected chi connectivity index (χ3v) is 4.37. The van der Waals surface area contributed by atoms with Crippen molar-refractivity contribution in [3.05, 3.63) is 83.9 Å². The fourth-order valence-corrected chi connectivity index (χ4v) is 3.01. The largest absolute Gasteiger partial charge is 0.488 e. The number of carbonyl (C=O) groups is 1. The van der Waals surface area contributed by atoms with E-state index in [4.69, 9.17) is 15.2 Å². The summed E-state index contributed by atoms with van der Waals surface area (Å²) < 4.78 is 11.3. The van der Waals surface area contributed by atoms with Gasteiger partial charge in [0, 0.05) is 23.4 Å². The number of benzene rings is 3. The smallest absolute Gasteiger partial charge is 0.407 e. The second kappa shape index (κ2) is 9.35. The molecule has 3 N–H and O–H groups in total. The van der Waals surface area contributed by atoms with E-state index in [0.29, 0.717) is 18.8 Å². The summed E-state index contributed by atoms with van der Waals surface area (Å²) in [6.07, 6.45) is -0.454. The highest BCUT2D eigenvalue weighted by atomic mass is 16.6. The van der Waals surface area contributed by atoms with Gasteiger partial charge in [0.25, 0.3) is 0 Å². The molecule has 0 bridgehead atoms. The summed E-state index contributed by atoms with van der Waals surface area (Å²) in [5, 5.41) is 2.75. The summed E-state index contributed by atoms with van der Waals surface area (Å²) in [4.78, 5) is 11.9. The van der Waals surface area contributed by atoms with Crippen molar-refractivity contribution >= 4 is 11.8 Å². The lowest BCUT2D eigenvalue weighted by atomic mass is 10.0. The third kappa shape index (κ3) is 6.01. The van der Waals surface area contributed by atoms with Crippen LogP contribution in [0.3, 0.4) is 0 Å². The summed E-state index contributed by atoms with van der Waals surface area (Å²) in [7, 11) is 0. The van der Waals surface area contributed by atoms with Gasteiger partial charge in [0.05, 0.1) is 0 Å². The number of rotatable bonds is 6. The van der Waals surface area contributed by atoms with E-state index in [1.54, 1.807) is 0 Å². The number of ether oxygens (including phenoxy) is 2. The van der Waals surface area contributed by atoms with Crippen LogP contribution in [-0.2, 0) is 17.9 Å². The molecule has 0 saturated heterocycles. The Kier molecular flexibility index (Phi) is 6.62. The quantitative estimate of drug-likeness (QED) is 0.529. The predicted octanol–water partition coefficient (Wildman–Crippen LogP) is 5.54. The Morgan fingerprint density at radius 1 is 0.900 bits per heavy atom. The molecular formula is C25H28N2O3. The second-order valence-corrected chi connectivity index (χ2v) is 8.05. The van der Waals surface area contributed by atoms with Gasteiger partial charge >= 0.3 is 6.09 Å². The molecule has 30 heavy (non-hydrogen) atoms. The molecule has 3 rings (SSSR count). The lowest BCUT2D eigenvalue weighted by Gasteiger charge is -2.20. The number of para-hydroxylation sites is 1. The lowest BCUT2D eigenvalue weighted by molar-refractivity contribution is 0.0523. The van der Waals surface area contributed by atoms with Crippen molar-refractivity contribution in [2.45, 2.75) is 39.5 Å². The van der Waals surface area contributed by atoms with Crippen molar-refractivity contribution in [2.24, 2.45) is 0 Å². The zero-order valence-corrected chi connectivity index (χ0v) is 17.6. The molecule has 5 heteroatoms. The van der Waals surface area contributed by atoms with E-state index < -0.39 is 11.7 Å². The number of anilines is 1. The van der Waals surface area contributed by atoms with E-state index >= 15 is 0 Å². The molecule has 0 unspecified atom stereocenters. The van der Waals surface area contributed by atoms with Crippen LogP contribution in [0, 0.1) is 0 Å². The van der Waals surface area contributed by atoms with E-state index in [2.05, 4.69) is 5.32 Å². The van der Waals surface area contributed by atoms with Gasteiger partial charge in [-0.05, 0) is 44.0 Å². The minimum Gasteiger partial charge on any atom is -0.488 e. The molecule has 0 aromatic heterocycles. The average molecular weight is 405 g/mol. The minimum atomic E-state index is -0.531. The number of amides is 1. The Labute approximate surface area is 177 Å². The van der Waals surface area contributed by atoms with Gasteiger partial charge in [-0.3, -0.25) is 0 Å². The van der Waals surface area contributed by atoms with Crippen molar-refractivity contribution in [3.63, 3.8) is 0 Å². The highest BCUT2D eigenvalue weighted by Gasteiger charge is 2.16. The van der Waals surface area contributed by atoms with Gasteiger partial charge in [-0.2, -0.15) is 0 Å². The Balaban J connectivity index is 1.71. The molecule has 0 radical (unpaired) electrons. The fourth-order valence-electron chi connectivity index (χ4n) is 3.01. The summed E-state index contributed by atoms with van der Waals surface area (Å²) >= 11 is 0.